The minimum absolute atomic E-state index is 0.000269. The lowest BCUT2D eigenvalue weighted by atomic mass is 10.2. The van der Waals surface area contributed by atoms with E-state index in [0.29, 0.717) is 11.3 Å². The van der Waals surface area contributed by atoms with Crippen molar-refractivity contribution in [3.05, 3.63) is 62.5 Å². The number of amides is 2. The predicted octanol–water partition coefficient (Wildman–Crippen LogP) is 1.96. The standard InChI is InChI=1S/C18H15N7O5S/c1-20-17(28)9-2-4-10(5-3-9)22-18-21-8-12(25(29)30)16(24-18)23-11-6-7-31-14(11)13(26)15(19)27/h2-8H,1H3,(H2,19,27)(H,20,28)(H2,21,22,23,24). The summed E-state index contributed by atoms with van der Waals surface area (Å²) in [5.74, 6) is -2.49. The largest absolute Gasteiger partial charge is 0.363 e. The van der Waals surface area contributed by atoms with Gasteiger partial charge in [0.2, 0.25) is 11.8 Å². The number of nitrogens with one attached hydrogen (secondary N) is 3. The van der Waals surface area contributed by atoms with Gasteiger partial charge in [0.1, 0.15) is 11.1 Å². The van der Waals surface area contributed by atoms with E-state index in [-0.39, 0.29) is 28.2 Å². The van der Waals surface area contributed by atoms with E-state index in [1.54, 1.807) is 24.3 Å². The van der Waals surface area contributed by atoms with Crippen molar-refractivity contribution in [2.24, 2.45) is 5.73 Å². The van der Waals surface area contributed by atoms with Crippen LogP contribution in [-0.2, 0) is 4.79 Å². The highest BCUT2D eigenvalue weighted by Crippen LogP contribution is 2.31. The lowest BCUT2D eigenvalue weighted by Gasteiger charge is -2.09. The molecule has 158 valence electrons. The monoisotopic (exact) mass is 441 g/mol. The number of aromatic nitrogens is 2. The van der Waals surface area contributed by atoms with E-state index in [9.17, 15) is 24.5 Å². The lowest BCUT2D eigenvalue weighted by molar-refractivity contribution is -0.384. The molecule has 0 unspecified atom stereocenters. The molecule has 3 aromatic rings. The van der Waals surface area contributed by atoms with Gasteiger partial charge < -0.3 is 21.7 Å². The van der Waals surface area contributed by atoms with E-state index in [2.05, 4.69) is 25.9 Å². The molecule has 0 bridgehead atoms. The Morgan fingerprint density at radius 2 is 1.84 bits per heavy atom. The van der Waals surface area contributed by atoms with E-state index in [4.69, 9.17) is 5.73 Å². The van der Waals surface area contributed by atoms with E-state index in [1.807, 2.05) is 0 Å². The van der Waals surface area contributed by atoms with Crippen LogP contribution in [0.25, 0.3) is 0 Å². The Morgan fingerprint density at radius 3 is 2.45 bits per heavy atom. The molecular formula is C18H15N7O5S. The lowest BCUT2D eigenvalue weighted by Crippen LogP contribution is -2.22. The molecule has 0 atom stereocenters. The van der Waals surface area contributed by atoms with Crippen molar-refractivity contribution in [3.8, 4) is 0 Å². The summed E-state index contributed by atoms with van der Waals surface area (Å²) >= 11 is 0.957. The highest BCUT2D eigenvalue weighted by molar-refractivity contribution is 7.13. The number of thiophene rings is 1. The van der Waals surface area contributed by atoms with Gasteiger partial charge >= 0.3 is 5.69 Å². The summed E-state index contributed by atoms with van der Waals surface area (Å²) in [7, 11) is 1.52. The van der Waals surface area contributed by atoms with Crippen LogP contribution in [-0.4, -0.2) is 39.5 Å². The molecule has 2 heterocycles. The molecule has 5 N–H and O–H groups in total. The number of Topliss-reactive ketones (excluding diaryl/α,β-unsaturated/α-hetero) is 1. The van der Waals surface area contributed by atoms with Gasteiger partial charge in [-0.3, -0.25) is 24.5 Å². The zero-order valence-corrected chi connectivity index (χ0v) is 16.7. The third-order valence-corrected chi connectivity index (χ3v) is 4.86. The normalized spacial score (nSPS) is 10.2. The van der Waals surface area contributed by atoms with Crippen molar-refractivity contribution in [2.45, 2.75) is 0 Å². The molecule has 0 saturated carbocycles. The molecule has 12 nitrogen and oxygen atoms in total. The number of hydrogen-bond donors (Lipinski definition) is 4. The molecule has 2 amide bonds. The predicted molar refractivity (Wildman–Crippen MR) is 113 cm³/mol. The number of rotatable bonds is 8. The van der Waals surface area contributed by atoms with Gasteiger partial charge in [-0.2, -0.15) is 4.98 Å². The van der Waals surface area contributed by atoms with E-state index < -0.39 is 22.3 Å². The Bertz CT molecular complexity index is 1180. The number of benzene rings is 1. The van der Waals surface area contributed by atoms with Crippen molar-refractivity contribution in [1.29, 1.82) is 0 Å². The number of nitro groups is 1. The molecule has 0 aliphatic heterocycles. The van der Waals surface area contributed by atoms with Gasteiger partial charge in [0.25, 0.3) is 17.6 Å². The van der Waals surface area contributed by atoms with Crippen LogP contribution < -0.4 is 21.7 Å². The molecule has 1 aromatic carbocycles. The van der Waals surface area contributed by atoms with Gasteiger partial charge in [-0.05, 0) is 35.7 Å². The molecule has 2 aromatic heterocycles. The van der Waals surface area contributed by atoms with Crippen LogP contribution in [0.2, 0.25) is 0 Å². The zero-order chi connectivity index (χ0) is 22.5. The first-order valence-electron chi connectivity index (χ1n) is 8.59. The van der Waals surface area contributed by atoms with Crippen molar-refractivity contribution >= 4 is 57.8 Å². The van der Waals surface area contributed by atoms with Crippen LogP contribution in [0.5, 0.6) is 0 Å². The fourth-order valence-corrected chi connectivity index (χ4v) is 3.26. The van der Waals surface area contributed by atoms with E-state index in [1.165, 1.54) is 18.5 Å². The minimum atomic E-state index is -1.15. The number of primary amides is 1. The Labute approximate surface area is 178 Å². The SMILES string of the molecule is CNC(=O)c1ccc(Nc2ncc([N+](=O)[O-])c(Nc3ccsc3C(=O)C(N)=O)n2)cc1. The topological polar surface area (TPSA) is 182 Å². The van der Waals surface area contributed by atoms with Crippen LogP contribution in [0.15, 0.2) is 41.9 Å². The Kier molecular flexibility index (Phi) is 6.16. The third kappa shape index (κ3) is 4.79. The summed E-state index contributed by atoms with van der Waals surface area (Å²) in [6.45, 7) is 0. The maximum atomic E-state index is 11.9. The molecule has 0 saturated heterocycles. The molecule has 0 aliphatic carbocycles. The number of carbonyl (C=O) groups is 3. The highest BCUT2D eigenvalue weighted by Gasteiger charge is 2.23. The van der Waals surface area contributed by atoms with Crippen molar-refractivity contribution < 1.29 is 19.3 Å². The van der Waals surface area contributed by atoms with Gasteiger partial charge in [0.15, 0.2) is 0 Å². The van der Waals surface area contributed by atoms with Gasteiger partial charge in [-0.15, -0.1) is 11.3 Å². The number of nitrogens with two attached hydrogens (primary N) is 1. The van der Waals surface area contributed by atoms with Crippen LogP contribution in [0.3, 0.4) is 0 Å². The van der Waals surface area contributed by atoms with Gasteiger partial charge in [0, 0.05) is 18.3 Å². The summed E-state index contributed by atoms with van der Waals surface area (Å²) in [4.78, 5) is 53.5. The summed E-state index contributed by atoms with van der Waals surface area (Å²) < 4.78 is 0. The average molecular weight is 441 g/mol. The fourth-order valence-electron chi connectivity index (χ4n) is 2.46. The first-order valence-corrected chi connectivity index (χ1v) is 9.47. The second-order valence-corrected chi connectivity index (χ2v) is 6.86. The molecule has 0 spiro atoms. The number of ketones is 1. The molecule has 13 heteroatoms. The molecule has 0 radical (unpaired) electrons. The number of anilines is 4. The summed E-state index contributed by atoms with van der Waals surface area (Å²) in [6, 6.07) is 7.87. The van der Waals surface area contributed by atoms with Gasteiger partial charge in [0.05, 0.1) is 10.6 Å². The van der Waals surface area contributed by atoms with Crippen molar-refractivity contribution in [2.75, 3.05) is 17.7 Å². The first kappa shape index (κ1) is 21.3. The number of nitrogens with zero attached hydrogens (tertiary/aromatic N) is 3. The van der Waals surface area contributed by atoms with Crippen LogP contribution in [0.1, 0.15) is 20.0 Å². The van der Waals surface area contributed by atoms with Gasteiger partial charge in [-0.1, -0.05) is 0 Å². The van der Waals surface area contributed by atoms with E-state index >= 15 is 0 Å². The summed E-state index contributed by atoms with van der Waals surface area (Å²) in [5, 5.41) is 21.0. The molecule has 0 fully saturated rings. The van der Waals surface area contributed by atoms with Crippen molar-refractivity contribution in [1.82, 2.24) is 15.3 Å². The number of hydrogen-bond acceptors (Lipinski definition) is 10. The highest BCUT2D eigenvalue weighted by atomic mass is 32.1. The quantitative estimate of drug-likeness (QED) is 0.176. The molecule has 3 rings (SSSR count). The van der Waals surface area contributed by atoms with Crippen LogP contribution in [0, 0.1) is 10.1 Å². The number of carbonyl (C=O) groups excluding carboxylic acids is 3. The second kappa shape index (κ2) is 8.96. The maximum absolute atomic E-state index is 11.9. The Morgan fingerprint density at radius 1 is 1.13 bits per heavy atom. The van der Waals surface area contributed by atoms with Crippen LogP contribution >= 0.6 is 11.3 Å². The molecular weight excluding hydrogens is 426 g/mol. The smallest absolute Gasteiger partial charge is 0.329 e. The summed E-state index contributed by atoms with van der Waals surface area (Å²) in [6.07, 6.45) is 0.999. The maximum Gasteiger partial charge on any atom is 0.329 e. The average Bonchev–Trinajstić information content (AvgIpc) is 3.21. The zero-order valence-electron chi connectivity index (χ0n) is 15.9. The molecule has 0 aliphatic rings. The first-order chi connectivity index (χ1) is 14.8. The van der Waals surface area contributed by atoms with Gasteiger partial charge in [-0.25, -0.2) is 4.98 Å². The van der Waals surface area contributed by atoms with E-state index in [0.717, 1.165) is 17.5 Å². The Hall–Kier alpha value is -4.39. The van der Waals surface area contributed by atoms with Crippen LogP contribution in [0.4, 0.5) is 28.8 Å². The van der Waals surface area contributed by atoms with Crippen molar-refractivity contribution in [3.63, 3.8) is 0 Å². The summed E-state index contributed by atoms with van der Waals surface area (Å²) in [5.41, 5.74) is 5.73. The minimum Gasteiger partial charge on any atom is -0.363 e. The third-order valence-electron chi connectivity index (χ3n) is 3.94. The second-order valence-electron chi connectivity index (χ2n) is 5.95. The Balaban J connectivity index is 1.89. The molecule has 31 heavy (non-hydrogen) atoms. The fraction of sp³-hybridized carbons (Fsp3) is 0.0556.